The van der Waals surface area contributed by atoms with Crippen LogP contribution in [0.5, 0.6) is 0 Å². The lowest BCUT2D eigenvalue weighted by molar-refractivity contribution is -0.161. The molecule has 36 heavy (non-hydrogen) atoms. The Morgan fingerprint density at radius 1 is 1.17 bits per heavy atom. The Kier molecular flexibility index (Phi) is 6.25. The number of rotatable bonds is 4. The minimum Gasteiger partial charge on any atom is -0.465 e. The molecule has 0 radical (unpaired) electrons. The first-order valence-corrected chi connectivity index (χ1v) is 12.8. The van der Waals surface area contributed by atoms with Gasteiger partial charge in [0.1, 0.15) is 23.2 Å². The van der Waals surface area contributed by atoms with Crippen LogP contribution in [0.4, 0.5) is 5.69 Å². The van der Waals surface area contributed by atoms with E-state index in [-0.39, 0.29) is 25.7 Å². The largest absolute Gasteiger partial charge is 0.465 e. The Morgan fingerprint density at radius 3 is 2.64 bits per heavy atom. The van der Waals surface area contributed by atoms with Crippen LogP contribution in [0.2, 0.25) is 5.02 Å². The number of aliphatic hydroxyl groups is 1. The summed E-state index contributed by atoms with van der Waals surface area (Å²) in [5.41, 5.74) is -1.12. The van der Waals surface area contributed by atoms with Gasteiger partial charge in [-0.25, -0.2) is 0 Å². The van der Waals surface area contributed by atoms with E-state index in [1.54, 1.807) is 24.0 Å². The fourth-order valence-corrected chi connectivity index (χ4v) is 6.72. The van der Waals surface area contributed by atoms with Gasteiger partial charge in [-0.1, -0.05) is 55.0 Å². The highest BCUT2D eigenvalue weighted by molar-refractivity contribution is 6.34. The molecule has 2 amide bonds. The first-order valence-electron chi connectivity index (χ1n) is 12.4. The number of hydrogen-bond acceptors (Lipinski definition) is 6. The fraction of sp³-hybridized carbons (Fsp3) is 0.519. The molecule has 2 fully saturated rings. The van der Waals surface area contributed by atoms with Crippen LogP contribution >= 0.6 is 11.6 Å². The standard InChI is InChI=1S/C27H31ClN2O6/c1-4-26-11-5-6-14-35-25(34)20(26)19-23(32)30(17(3)15-31)22-24(33)29(13-8-12-27(19,22)36-26)21-16(2)9-7-10-18(21)28/h5,7-12,17,19-20,22,31H,4,6,13-15H2,1-3H3/t17-,19+,20-,22?,26+,27+/m1/s1. The van der Waals surface area contributed by atoms with Crippen LogP contribution in [-0.4, -0.2) is 70.8 Å². The van der Waals surface area contributed by atoms with E-state index in [1.165, 1.54) is 4.90 Å². The zero-order chi connectivity index (χ0) is 25.8. The van der Waals surface area contributed by atoms with E-state index >= 15 is 0 Å². The summed E-state index contributed by atoms with van der Waals surface area (Å²) >= 11 is 6.55. The molecule has 8 nitrogen and oxygen atoms in total. The van der Waals surface area contributed by atoms with Crippen LogP contribution in [0.1, 0.15) is 32.3 Å². The minimum atomic E-state index is -1.41. The van der Waals surface area contributed by atoms with E-state index in [1.807, 2.05) is 44.2 Å². The van der Waals surface area contributed by atoms with Crippen molar-refractivity contribution < 1.29 is 29.0 Å². The predicted octanol–water partition coefficient (Wildman–Crippen LogP) is 2.80. The average molecular weight is 515 g/mol. The average Bonchev–Trinajstić information content (AvgIpc) is 3.20. The van der Waals surface area contributed by atoms with Crippen molar-refractivity contribution in [2.24, 2.45) is 11.8 Å². The topological polar surface area (TPSA) is 96.4 Å². The number of likely N-dealkylation sites (tertiary alicyclic amines) is 1. The number of carbonyl (C=O) groups is 3. The molecule has 1 unspecified atom stereocenters. The third kappa shape index (κ3) is 3.38. The van der Waals surface area contributed by atoms with Gasteiger partial charge in [-0.3, -0.25) is 14.4 Å². The number of hydrogen-bond donors (Lipinski definition) is 1. The second-order valence-corrected chi connectivity index (χ2v) is 10.4. The highest BCUT2D eigenvalue weighted by atomic mass is 35.5. The van der Waals surface area contributed by atoms with Crippen LogP contribution in [-0.2, 0) is 23.9 Å². The number of fused-ring (bicyclic) bond motifs is 2. The van der Waals surface area contributed by atoms with Gasteiger partial charge in [0, 0.05) is 6.54 Å². The molecule has 0 saturated carbocycles. The Morgan fingerprint density at radius 2 is 1.94 bits per heavy atom. The van der Waals surface area contributed by atoms with Crippen LogP contribution in [0, 0.1) is 18.8 Å². The highest BCUT2D eigenvalue weighted by Crippen LogP contribution is 2.58. The lowest BCUT2D eigenvalue weighted by Crippen LogP contribution is -2.58. The number of ether oxygens (including phenoxy) is 2. The number of aliphatic hydroxyl groups excluding tert-OH is 1. The number of esters is 1. The normalized spacial score (nSPS) is 34.5. The fourth-order valence-electron chi connectivity index (χ4n) is 6.40. The Balaban J connectivity index is 1.71. The third-order valence-corrected chi connectivity index (χ3v) is 8.34. The summed E-state index contributed by atoms with van der Waals surface area (Å²) in [5.74, 6) is -3.17. The van der Waals surface area contributed by atoms with Gasteiger partial charge in [0.15, 0.2) is 0 Å². The monoisotopic (exact) mass is 514 g/mol. The van der Waals surface area contributed by atoms with Gasteiger partial charge in [-0.15, -0.1) is 0 Å². The number of nitrogens with zero attached hydrogens (tertiary/aromatic N) is 2. The number of carbonyl (C=O) groups excluding carboxylic acids is 3. The smallest absolute Gasteiger partial charge is 0.313 e. The maximum Gasteiger partial charge on any atom is 0.313 e. The molecule has 192 valence electrons. The number of benzene rings is 1. The van der Waals surface area contributed by atoms with Crippen molar-refractivity contribution in [3.63, 3.8) is 0 Å². The number of cyclic esters (lactones) is 1. The van der Waals surface area contributed by atoms with Gasteiger partial charge < -0.3 is 24.4 Å². The Labute approximate surface area is 215 Å². The van der Waals surface area contributed by atoms with Gasteiger partial charge in [-0.2, -0.15) is 0 Å². The second-order valence-electron chi connectivity index (χ2n) is 10.0. The number of halogens is 1. The number of anilines is 1. The first kappa shape index (κ1) is 25.0. The summed E-state index contributed by atoms with van der Waals surface area (Å²) in [7, 11) is 0. The van der Waals surface area contributed by atoms with Crippen molar-refractivity contribution in [1.82, 2.24) is 4.90 Å². The first-order chi connectivity index (χ1) is 17.2. The molecule has 4 aliphatic heterocycles. The van der Waals surface area contributed by atoms with Gasteiger partial charge in [0.25, 0.3) is 5.91 Å². The number of para-hydroxylation sites is 1. The molecule has 9 heteroatoms. The zero-order valence-corrected chi connectivity index (χ0v) is 21.4. The quantitative estimate of drug-likeness (QED) is 0.490. The van der Waals surface area contributed by atoms with Crippen molar-refractivity contribution in [2.75, 3.05) is 24.7 Å². The molecule has 0 bridgehead atoms. The molecule has 4 heterocycles. The summed E-state index contributed by atoms with van der Waals surface area (Å²) in [6.45, 7) is 5.55. The number of amides is 2. The maximum absolute atomic E-state index is 14.4. The minimum absolute atomic E-state index is 0.216. The van der Waals surface area contributed by atoms with Crippen LogP contribution in [0.3, 0.4) is 0 Å². The van der Waals surface area contributed by atoms with Gasteiger partial charge >= 0.3 is 5.97 Å². The molecule has 1 spiro atoms. The molecule has 2 saturated heterocycles. The molecule has 0 aromatic heterocycles. The summed E-state index contributed by atoms with van der Waals surface area (Å²) in [4.78, 5) is 44.8. The van der Waals surface area contributed by atoms with Crippen molar-refractivity contribution in [3.8, 4) is 0 Å². The zero-order valence-electron chi connectivity index (χ0n) is 20.6. The van der Waals surface area contributed by atoms with E-state index < -0.39 is 47.0 Å². The lowest BCUT2D eigenvalue weighted by Gasteiger charge is -2.40. The summed E-state index contributed by atoms with van der Waals surface area (Å²) in [5, 5.41) is 10.5. The predicted molar refractivity (Wildman–Crippen MR) is 133 cm³/mol. The van der Waals surface area contributed by atoms with Crippen LogP contribution < -0.4 is 4.90 Å². The van der Waals surface area contributed by atoms with Crippen molar-refractivity contribution in [2.45, 2.75) is 56.9 Å². The molecule has 1 N–H and O–H groups in total. The molecule has 1 aromatic carbocycles. The SMILES string of the molecule is CC[C@]12C=CCCOC(=O)[C@H]1[C@H]1C(=O)N([C@H](C)CO)C3C(=O)N(c4c(C)cccc4Cl)CC=C[C@@]31O2. The molecule has 6 atom stereocenters. The van der Waals surface area contributed by atoms with E-state index in [4.69, 9.17) is 21.1 Å². The molecular weight excluding hydrogens is 484 g/mol. The molecule has 4 aliphatic rings. The summed E-state index contributed by atoms with van der Waals surface area (Å²) < 4.78 is 12.3. The summed E-state index contributed by atoms with van der Waals surface area (Å²) in [6, 6.07) is 3.64. The third-order valence-electron chi connectivity index (χ3n) is 8.04. The molecule has 0 aliphatic carbocycles. The second kappa shape index (κ2) is 9.01. The highest BCUT2D eigenvalue weighted by Gasteiger charge is 2.75. The molecular formula is C27H31ClN2O6. The van der Waals surface area contributed by atoms with Crippen LogP contribution in [0.25, 0.3) is 0 Å². The van der Waals surface area contributed by atoms with E-state index in [9.17, 15) is 19.5 Å². The number of aryl methyl sites for hydroxylation is 1. The van der Waals surface area contributed by atoms with Gasteiger partial charge in [0.2, 0.25) is 5.91 Å². The molecule has 5 rings (SSSR count). The van der Waals surface area contributed by atoms with Crippen molar-refractivity contribution in [3.05, 3.63) is 53.1 Å². The van der Waals surface area contributed by atoms with Crippen molar-refractivity contribution in [1.29, 1.82) is 0 Å². The van der Waals surface area contributed by atoms with E-state index in [0.29, 0.717) is 23.6 Å². The molecule has 1 aromatic rings. The Bertz CT molecular complexity index is 1150. The maximum atomic E-state index is 14.4. The van der Waals surface area contributed by atoms with E-state index in [2.05, 4.69) is 0 Å². The van der Waals surface area contributed by atoms with Gasteiger partial charge in [-0.05, 0) is 38.3 Å². The van der Waals surface area contributed by atoms with Crippen LogP contribution in [0.15, 0.2) is 42.5 Å². The van der Waals surface area contributed by atoms with Gasteiger partial charge in [0.05, 0.1) is 35.9 Å². The van der Waals surface area contributed by atoms with E-state index in [0.717, 1.165) is 5.56 Å². The summed E-state index contributed by atoms with van der Waals surface area (Å²) in [6.07, 6.45) is 8.33. The lowest BCUT2D eigenvalue weighted by atomic mass is 9.73. The Hall–Kier alpha value is -2.68. The van der Waals surface area contributed by atoms with Crippen molar-refractivity contribution >= 4 is 35.1 Å².